The lowest BCUT2D eigenvalue weighted by molar-refractivity contribution is -0.143. The van der Waals surface area contributed by atoms with Crippen LogP contribution in [0.15, 0.2) is 84.1 Å². The molecule has 0 spiro atoms. The highest BCUT2D eigenvalue weighted by atomic mass is 35.5. The number of sulfonamides is 1. The summed E-state index contributed by atoms with van der Waals surface area (Å²) in [4.78, 5) is 16.5. The molecule has 2 aromatic carbocycles. The lowest BCUT2D eigenvalue weighted by Crippen LogP contribution is -2.24. The smallest absolute Gasteiger partial charge is 0.322 e. The van der Waals surface area contributed by atoms with Gasteiger partial charge in [0.25, 0.3) is 5.91 Å². The first-order chi connectivity index (χ1) is 17.0. The largest absolute Gasteiger partial charge is 0.434 e. The number of carbonyl (C=O) groups is 1. The molecule has 4 aromatic rings. The molecule has 36 heavy (non-hydrogen) atoms. The molecule has 0 atom stereocenters. The highest BCUT2D eigenvalue weighted by molar-refractivity contribution is 7.89. The van der Waals surface area contributed by atoms with Crippen molar-refractivity contribution in [1.29, 1.82) is 0 Å². The average molecular weight is 536 g/mol. The summed E-state index contributed by atoms with van der Waals surface area (Å²) in [5, 5.41) is 6.37. The molecule has 1 amide bonds. The minimum Gasteiger partial charge on any atom is -0.322 e. The third kappa shape index (κ3) is 5.73. The minimum absolute atomic E-state index is 0.0170. The van der Waals surface area contributed by atoms with E-state index in [1.165, 1.54) is 48.7 Å². The molecule has 0 aliphatic rings. The predicted octanol–water partition coefficient (Wildman–Crippen LogP) is 4.67. The second-order valence-electron chi connectivity index (χ2n) is 7.46. The van der Waals surface area contributed by atoms with Crippen molar-refractivity contribution >= 4 is 33.2 Å². The van der Waals surface area contributed by atoms with Gasteiger partial charge in [-0.3, -0.25) is 9.78 Å². The molecule has 0 aliphatic heterocycles. The Labute approximate surface area is 208 Å². The van der Waals surface area contributed by atoms with Crippen LogP contribution in [0.25, 0.3) is 5.69 Å². The molecule has 186 valence electrons. The number of hydrogen-bond acceptors (Lipinski definition) is 5. The third-order valence-electron chi connectivity index (χ3n) is 4.94. The summed E-state index contributed by atoms with van der Waals surface area (Å²) < 4.78 is 70.0. The maximum Gasteiger partial charge on any atom is 0.434 e. The number of aromatic nitrogens is 3. The number of pyridine rings is 1. The van der Waals surface area contributed by atoms with Crippen molar-refractivity contribution in [3.63, 3.8) is 0 Å². The van der Waals surface area contributed by atoms with Crippen LogP contribution in [0.3, 0.4) is 0 Å². The molecule has 0 saturated heterocycles. The fraction of sp³-hybridized carbons (Fsp3) is 0.0870. The molecule has 2 aromatic heterocycles. The van der Waals surface area contributed by atoms with E-state index in [0.717, 1.165) is 12.3 Å². The molecule has 0 fully saturated rings. The number of rotatable bonds is 7. The second-order valence-corrected chi connectivity index (χ2v) is 9.66. The number of halogens is 4. The fourth-order valence-corrected chi connectivity index (χ4v) is 4.46. The van der Waals surface area contributed by atoms with Gasteiger partial charge in [0.2, 0.25) is 10.0 Å². The SMILES string of the molecule is O=C(Nc1cccc(S(=O)(=O)NCc2cccnc2)c1)c1cnn(-c2ccc(Cl)cc2)c1C(F)(F)F. The first-order valence-corrected chi connectivity index (χ1v) is 12.1. The van der Waals surface area contributed by atoms with Crippen LogP contribution in [-0.4, -0.2) is 29.1 Å². The van der Waals surface area contributed by atoms with E-state index >= 15 is 0 Å². The summed E-state index contributed by atoms with van der Waals surface area (Å²) in [6, 6.07) is 13.9. The zero-order chi connectivity index (χ0) is 25.9. The topological polar surface area (TPSA) is 106 Å². The molecule has 0 bridgehead atoms. The zero-order valence-corrected chi connectivity index (χ0v) is 19.8. The molecular formula is C23H17ClF3N5O3S. The maximum atomic E-state index is 13.9. The lowest BCUT2D eigenvalue weighted by Gasteiger charge is -2.13. The highest BCUT2D eigenvalue weighted by Gasteiger charge is 2.40. The van der Waals surface area contributed by atoms with Gasteiger partial charge in [0.1, 0.15) is 0 Å². The summed E-state index contributed by atoms with van der Waals surface area (Å²) in [5.41, 5.74) is -1.36. The van der Waals surface area contributed by atoms with Gasteiger partial charge in [0.05, 0.1) is 22.3 Å². The van der Waals surface area contributed by atoms with Crippen molar-refractivity contribution in [2.75, 3.05) is 5.32 Å². The van der Waals surface area contributed by atoms with E-state index < -0.39 is 33.4 Å². The van der Waals surface area contributed by atoms with E-state index in [-0.39, 0.29) is 22.8 Å². The molecular weight excluding hydrogens is 519 g/mol. The third-order valence-corrected chi connectivity index (χ3v) is 6.60. The van der Waals surface area contributed by atoms with Gasteiger partial charge in [-0.2, -0.15) is 18.3 Å². The van der Waals surface area contributed by atoms with Gasteiger partial charge in [-0.05, 0) is 54.1 Å². The normalized spacial score (nSPS) is 11.9. The van der Waals surface area contributed by atoms with E-state index in [2.05, 4.69) is 20.1 Å². The van der Waals surface area contributed by atoms with Gasteiger partial charge < -0.3 is 5.32 Å². The summed E-state index contributed by atoms with van der Waals surface area (Å²) in [6.07, 6.45) is -1.07. The molecule has 0 aliphatic carbocycles. The van der Waals surface area contributed by atoms with Gasteiger partial charge in [-0.15, -0.1) is 0 Å². The van der Waals surface area contributed by atoms with Crippen molar-refractivity contribution in [3.05, 3.63) is 101 Å². The summed E-state index contributed by atoms with van der Waals surface area (Å²) >= 11 is 5.80. The molecule has 2 N–H and O–H groups in total. The molecule has 0 radical (unpaired) electrons. The van der Waals surface area contributed by atoms with Gasteiger partial charge in [-0.25, -0.2) is 17.8 Å². The molecule has 0 saturated carbocycles. The monoisotopic (exact) mass is 535 g/mol. The Morgan fingerprint density at radius 1 is 1.03 bits per heavy atom. The second kappa shape index (κ2) is 10.1. The summed E-state index contributed by atoms with van der Waals surface area (Å²) in [6.45, 7) is -0.0222. The van der Waals surface area contributed by atoms with Crippen LogP contribution < -0.4 is 10.0 Å². The lowest BCUT2D eigenvalue weighted by atomic mass is 10.2. The highest BCUT2D eigenvalue weighted by Crippen LogP contribution is 2.34. The molecule has 2 heterocycles. The van der Waals surface area contributed by atoms with E-state index in [1.807, 2.05) is 0 Å². The van der Waals surface area contributed by atoms with Crippen LogP contribution in [0.2, 0.25) is 5.02 Å². The van der Waals surface area contributed by atoms with E-state index in [4.69, 9.17) is 11.6 Å². The molecule has 8 nitrogen and oxygen atoms in total. The van der Waals surface area contributed by atoms with Crippen molar-refractivity contribution in [2.24, 2.45) is 0 Å². The standard InChI is InChI=1S/C23H17ClF3N5O3S/c24-16-6-8-18(9-7-16)32-21(23(25,26)27)20(14-29-32)22(33)31-17-4-1-5-19(11-17)36(34,35)30-13-15-3-2-10-28-12-15/h1-12,14,30H,13H2,(H,31,33). The molecule has 0 unspecified atom stereocenters. The van der Waals surface area contributed by atoms with E-state index in [0.29, 0.717) is 15.3 Å². The number of nitrogens with one attached hydrogen (secondary N) is 2. The van der Waals surface area contributed by atoms with Gasteiger partial charge in [-0.1, -0.05) is 23.7 Å². The summed E-state index contributed by atoms with van der Waals surface area (Å²) in [5.74, 6) is -1.11. The number of benzene rings is 2. The van der Waals surface area contributed by atoms with Gasteiger partial charge in [0.15, 0.2) is 5.69 Å². The number of nitrogens with zero attached hydrogens (tertiary/aromatic N) is 3. The van der Waals surface area contributed by atoms with Crippen molar-refractivity contribution in [2.45, 2.75) is 17.6 Å². The van der Waals surface area contributed by atoms with Gasteiger partial charge in [0, 0.05) is 29.6 Å². The Bertz CT molecular complexity index is 1490. The van der Waals surface area contributed by atoms with Gasteiger partial charge >= 0.3 is 6.18 Å². The Morgan fingerprint density at radius 3 is 2.44 bits per heavy atom. The Kier molecular flexibility index (Phi) is 7.11. The predicted molar refractivity (Wildman–Crippen MR) is 126 cm³/mol. The first kappa shape index (κ1) is 25.4. The van der Waals surface area contributed by atoms with Crippen LogP contribution in [0.5, 0.6) is 0 Å². The van der Waals surface area contributed by atoms with Crippen LogP contribution in [0.4, 0.5) is 18.9 Å². The Hall–Kier alpha value is -3.74. The van der Waals surface area contributed by atoms with Crippen molar-refractivity contribution in [1.82, 2.24) is 19.5 Å². The first-order valence-electron chi connectivity index (χ1n) is 10.3. The minimum atomic E-state index is -4.91. The quantitative estimate of drug-likeness (QED) is 0.358. The number of amides is 1. The van der Waals surface area contributed by atoms with Crippen LogP contribution in [-0.2, 0) is 22.7 Å². The number of carbonyl (C=O) groups excluding carboxylic acids is 1. The van der Waals surface area contributed by atoms with Crippen molar-refractivity contribution < 1.29 is 26.4 Å². The van der Waals surface area contributed by atoms with E-state index in [9.17, 15) is 26.4 Å². The van der Waals surface area contributed by atoms with Crippen LogP contribution in [0, 0.1) is 0 Å². The fourth-order valence-electron chi connectivity index (χ4n) is 3.27. The number of hydrogen-bond donors (Lipinski definition) is 2. The van der Waals surface area contributed by atoms with E-state index in [1.54, 1.807) is 18.3 Å². The van der Waals surface area contributed by atoms with Crippen LogP contribution >= 0.6 is 11.6 Å². The maximum absolute atomic E-state index is 13.9. The van der Waals surface area contributed by atoms with Crippen LogP contribution in [0.1, 0.15) is 21.6 Å². The number of anilines is 1. The molecule has 13 heteroatoms. The average Bonchev–Trinajstić information content (AvgIpc) is 3.30. The zero-order valence-electron chi connectivity index (χ0n) is 18.2. The number of alkyl halides is 3. The Balaban J connectivity index is 1.58. The molecule has 4 rings (SSSR count). The van der Waals surface area contributed by atoms with Crippen molar-refractivity contribution in [3.8, 4) is 5.69 Å². The Morgan fingerprint density at radius 2 is 1.78 bits per heavy atom. The summed E-state index contributed by atoms with van der Waals surface area (Å²) in [7, 11) is -3.98.